The lowest BCUT2D eigenvalue weighted by Gasteiger charge is -2.24. The largest absolute Gasteiger partial charge is 0.337 e. The van der Waals surface area contributed by atoms with Crippen molar-refractivity contribution in [2.75, 3.05) is 6.54 Å². The Morgan fingerprint density at radius 1 is 1.50 bits per heavy atom. The lowest BCUT2D eigenvalue weighted by atomic mass is 9.92. The van der Waals surface area contributed by atoms with E-state index in [0.717, 1.165) is 32.2 Å². The summed E-state index contributed by atoms with van der Waals surface area (Å²) in [5.74, 6) is 1.16. The Balaban J connectivity index is 1.92. The maximum absolute atomic E-state index is 5.42. The highest BCUT2D eigenvalue weighted by atomic mass is 16.5. The first-order chi connectivity index (χ1) is 8.84. The fourth-order valence-corrected chi connectivity index (χ4v) is 2.57. The van der Waals surface area contributed by atoms with Crippen LogP contribution in [0.25, 0.3) is 11.5 Å². The van der Waals surface area contributed by atoms with Gasteiger partial charge in [0.25, 0.3) is 0 Å². The highest BCUT2D eigenvalue weighted by molar-refractivity contribution is 5.45. The van der Waals surface area contributed by atoms with Gasteiger partial charge in [0.05, 0.1) is 11.7 Å². The van der Waals surface area contributed by atoms with Crippen LogP contribution >= 0.6 is 0 Å². The fraction of sp³-hybridized carbons (Fsp3) is 0.636. The second kappa shape index (κ2) is 4.49. The molecule has 1 unspecified atom stereocenters. The van der Waals surface area contributed by atoms with Crippen molar-refractivity contribution >= 4 is 0 Å². The third-order valence-electron chi connectivity index (χ3n) is 3.40. The van der Waals surface area contributed by atoms with Crippen LogP contribution in [-0.4, -0.2) is 32.1 Å². The number of rotatable bonds is 4. The quantitative estimate of drug-likeness (QED) is 0.845. The maximum Gasteiger partial charge on any atom is 0.247 e. The summed E-state index contributed by atoms with van der Waals surface area (Å²) in [5, 5.41) is 17.7. The molecule has 3 heterocycles. The predicted octanol–water partition coefficient (Wildman–Crippen LogP) is 1.23. The van der Waals surface area contributed by atoms with Gasteiger partial charge in [0, 0.05) is 0 Å². The lowest BCUT2D eigenvalue weighted by molar-refractivity contribution is 0.241. The number of nitrogens with one attached hydrogen (secondary N) is 2. The molecule has 0 aromatic carbocycles. The zero-order valence-corrected chi connectivity index (χ0v) is 10.3. The van der Waals surface area contributed by atoms with Crippen molar-refractivity contribution in [1.82, 2.24) is 30.9 Å². The van der Waals surface area contributed by atoms with E-state index in [-0.39, 0.29) is 5.54 Å². The van der Waals surface area contributed by atoms with Crippen LogP contribution in [0, 0.1) is 0 Å². The van der Waals surface area contributed by atoms with E-state index in [1.165, 1.54) is 0 Å². The Morgan fingerprint density at radius 3 is 3.11 bits per heavy atom. The molecule has 1 aliphatic rings. The highest BCUT2D eigenvalue weighted by Gasteiger charge is 2.39. The molecule has 2 N–H and O–H groups in total. The number of nitrogens with zero attached hydrogens (tertiary/aromatic N) is 4. The van der Waals surface area contributed by atoms with Crippen LogP contribution in [-0.2, 0) is 5.54 Å². The molecule has 1 aliphatic heterocycles. The van der Waals surface area contributed by atoms with Crippen LogP contribution in [0.4, 0.5) is 0 Å². The molecule has 7 nitrogen and oxygen atoms in total. The zero-order valence-electron chi connectivity index (χ0n) is 10.3. The molecule has 1 atom stereocenters. The molecule has 96 valence electrons. The molecule has 0 spiro atoms. The normalized spacial score (nSPS) is 23.6. The standard InChI is InChI=1S/C11H16N6O/c1-2-4-11(5-3-6-12-11)10-14-9(16-18-10)8-7-13-17-15-8/h7,12H,2-6H2,1H3,(H,13,15,17). The molecule has 2 aromatic heterocycles. The molecule has 0 bridgehead atoms. The molecule has 1 saturated heterocycles. The summed E-state index contributed by atoms with van der Waals surface area (Å²) in [5.41, 5.74) is 0.457. The Kier molecular flexibility index (Phi) is 2.83. The van der Waals surface area contributed by atoms with Gasteiger partial charge in [0.2, 0.25) is 11.7 Å². The third kappa shape index (κ3) is 1.80. The monoisotopic (exact) mass is 248 g/mol. The molecule has 3 rings (SSSR count). The minimum Gasteiger partial charge on any atom is -0.337 e. The molecular weight excluding hydrogens is 232 g/mol. The van der Waals surface area contributed by atoms with Crippen molar-refractivity contribution in [3.05, 3.63) is 12.1 Å². The van der Waals surface area contributed by atoms with Gasteiger partial charge < -0.3 is 9.84 Å². The average Bonchev–Trinajstić information content (AvgIpc) is 3.11. The summed E-state index contributed by atoms with van der Waals surface area (Å²) >= 11 is 0. The van der Waals surface area contributed by atoms with Gasteiger partial charge in [-0.25, -0.2) is 0 Å². The van der Waals surface area contributed by atoms with Gasteiger partial charge in [-0.15, -0.1) is 0 Å². The van der Waals surface area contributed by atoms with Crippen LogP contribution in [0.1, 0.15) is 38.5 Å². The van der Waals surface area contributed by atoms with E-state index >= 15 is 0 Å². The summed E-state index contributed by atoms with van der Waals surface area (Å²) in [6, 6.07) is 0. The Morgan fingerprint density at radius 2 is 2.44 bits per heavy atom. The average molecular weight is 248 g/mol. The van der Waals surface area contributed by atoms with E-state index < -0.39 is 0 Å². The third-order valence-corrected chi connectivity index (χ3v) is 3.40. The van der Waals surface area contributed by atoms with Gasteiger partial charge in [-0.05, 0) is 25.8 Å². The number of aromatic amines is 1. The van der Waals surface area contributed by atoms with Gasteiger partial charge in [-0.1, -0.05) is 18.5 Å². The summed E-state index contributed by atoms with van der Waals surface area (Å²) < 4.78 is 5.42. The van der Waals surface area contributed by atoms with Crippen molar-refractivity contribution in [2.45, 2.75) is 38.1 Å². The summed E-state index contributed by atoms with van der Waals surface area (Å²) in [6.07, 6.45) is 5.86. The first kappa shape index (κ1) is 11.3. The van der Waals surface area contributed by atoms with Gasteiger partial charge in [-0.2, -0.15) is 20.4 Å². The van der Waals surface area contributed by atoms with Crippen LogP contribution in [0.3, 0.4) is 0 Å². The number of aromatic nitrogens is 5. The van der Waals surface area contributed by atoms with Crippen molar-refractivity contribution in [3.8, 4) is 11.5 Å². The maximum atomic E-state index is 5.42. The van der Waals surface area contributed by atoms with Crippen molar-refractivity contribution in [2.24, 2.45) is 0 Å². The van der Waals surface area contributed by atoms with Crippen LogP contribution < -0.4 is 5.32 Å². The summed E-state index contributed by atoms with van der Waals surface area (Å²) in [4.78, 5) is 4.46. The van der Waals surface area contributed by atoms with Gasteiger partial charge in [0.1, 0.15) is 0 Å². The molecular formula is C11H16N6O. The smallest absolute Gasteiger partial charge is 0.247 e. The van der Waals surface area contributed by atoms with Gasteiger partial charge >= 0.3 is 0 Å². The Bertz CT molecular complexity index is 499. The Labute approximate surface area is 104 Å². The first-order valence-corrected chi connectivity index (χ1v) is 6.29. The van der Waals surface area contributed by atoms with E-state index in [4.69, 9.17) is 4.52 Å². The van der Waals surface area contributed by atoms with Gasteiger partial charge in [0.15, 0.2) is 5.69 Å². The number of hydrogen-bond donors (Lipinski definition) is 2. The zero-order chi connectivity index (χ0) is 12.4. The second-order valence-electron chi connectivity index (χ2n) is 4.64. The molecule has 0 aliphatic carbocycles. The predicted molar refractivity (Wildman–Crippen MR) is 63.5 cm³/mol. The molecule has 2 aromatic rings. The van der Waals surface area contributed by atoms with E-state index in [2.05, 4.69) is 37.8 Å². The van der Waals surface area contributed by atoms with E-state index in [1.807, 2.05) is 0 Å². The van der Waals surface area contributed by atoms with Crippen LogP contribution in [0.5, 0.6) is 0 Å². The van der Waals surface area contributed by atoms with Gasteiger partial charge in [-0.3, -0.25) is 0 Å². The second-order valence-corrected chi connectivity index (χ2v) is 4.64. The minimum atomic E-state index is -0.149. The molecule has 0 radical (unpaired) electrons. The van der Waals surface area contributed by atoms with Crippen LogP contribution in [0.2, 0.25) is 0 Å². The minimum absolute atomic E-state index is 0.149. The van der Waals surface area contributed by atoms with Crippen LogP contribution in [0.15, 0.2) is 10.7 Å². The molecule has 0 amide bonds. The van der Waals surface area contributed by atoms with E-state index in [0.29, 0.717) is 17.4 Å². The highest BCUT2D eigenvalue weighted by Crippen LogP contribution is 2.34. The molecule has 7 heteroatoms. The summed E-state index contributed by atoms with van der Waals surface area (Å²) in [7, 11) is 0. The molecule has 0 saturated carbocycles. The SMILES string of the molecule is CCCC1(c2nc(-c3cn[nH]n3)no2)CCCN1. The molecule has 1 fully saturated rings. The fourth-order valence-electron chi connectivity index (χ4n) is 2.57. The summed E-state index contributed by atoms with van der Waals surface area (Å²) in [6.45, 7) is 3.17. The van der Waals surface area contributed by atoms with E-state index in [9.17, 15) is 0 Å². The van der Waals surface area contributed by atoms with Crippen molar-refractivity contribution in [1.29, 1.82) is 0 Å². The topological polar surface area (TPSA) is 92.5 Å². The Hall–Kier alpha value is -1.76. The van der Waals surface area contributed by atoms with Crippen molar-refractivity contribution in [3.63, 3.8) is 0 Å². The molecule has 18 heavy (non-hydrogen) atoms. The first-order valence-electron chi connectivity index (χ1n) is 6.29. The number of H-pyrrole nitrogens is 1. The number of hydrogen-bond acceptors (Lipinski definition) is 6. The lowest BCUT2D eigenvalue weighted by Crippen LogP contribution is -2.36. The van der Waals surface area contributed by atoms with E-state index in [1.54, 1.807) is 6.20 Å². The van der Waals surface area contributed by atoms with Crippen molar-refractivity contribution < 1.29 is 4.52 Å².